The van der Waals surface area contributed by atoms with Crippen LogP contribution in [0.15, 0.2) is 59.1 Å². The summed E-state index contributed by atoms with van der Waals surface area (Å²) < 4.78 is 42.1. The number of ether oxygens (including phenoxy) is 3. The molecule has 2 N–H and O–H groups in total. The number of hydrogen-bond donors (Lipinski definition) is 2. The molecule has 3 aliphatic rings. The van der Waals surface area contributed by atoms with Crippen molar-refractivity contribution >= 4 is 51.1 Å². The molecule has 286 valence electrons. The van der Waals surface area contributed by atoms with E-state index in [0.717, 1.165) is 6.26 Å². The molecule has 0 unspecified atom stereocenters. The number of carbonyl (C=O) groups is 3. The molecule has 6 atom stereocenters. The molecule has 2 aromatic rings. The van der Waals surface area contributed by atoms with Crippen molar-refractivity contribution in [2.45, 2.75) is 56.9 Å². The van der Waals surface area contributed by atoms with Gasteiger partial charge in [0.1, 0.15) is 18.9 Å². The number of amides is 2. The Morgan fingerprint density at radius 3 is 2.11 bits per heavy atom. The smallest absolute Gasteiger partial charge is 0.410 e. The fourth-order valence-corrected chi connectivity index (χ4v) is 8.60. The average Bonchev–Trinajstić information content (AvgIpc) is 3.61. The van der Waals surface area contributed by atoms with Crippen LogP contribution in [-0.2, 0) is 47.0 Å². The highest BCUT2D eigenvalue weighted by Crippen LogP contribution is 2.52. The minimum Gasteiger partial charge on any atom is -0.456 e. The maximum Gasteiger partial charge on any atom is 0.410 e. The number of nitro groups is 2. The molecular weight excluding hydrogens is 739 g/mol. The molecule has 2 aromatic carbocycles. The summed E-state index contributed by atoms with van der Waals surface area (Å²) in [5.74, 6) is -2.32. The number of aliphatic hydroxyl groups is 1. The van der Waals surface area contributed by atoms with E-state index in [1.807, 2.05) is 6.92 Å². The van der Waals surface area contributed by atoms with Crippen molar-refractivity contribution in [1.29, 1.82) is 0 Å². The Labute approximate surface area is 308 Å². The molecular formula is C33H39N5O13S2. The molecule has 3 aliphatic heterocycles. The number of hydrogen-bond acceptors (Lipinski definition) is 14. The van der Waals surface area contributed by atoms with Crippen LogP contribution in [0, 0.1) is 32.1 Å². The molecule has 0 saturated carbocycles. The fourth-order valence-electron chi connectivity index (χ4n) is 6.58. The van der Waals surface area contributed by atoms with Crippen LogP contribution < -0.4 is 4.72 Å². The average molecular weight is 778 g/mol. The van der Waals surface area contributed by atoms with Crippen molar-refractivity contribution in [1.82, 2.24) is 14.5 Å². The largest absolute Gasteiger partial charge is 0.456 e. The van der Waals surface area contributed by atoms with Gasteiger partial charge in [0.2, 0.25) is 15.9 Å². The maximum absolute atomic E-state index is 13.7. The van der Waals surface area contributed by atoms with Crippen LogP contribution in [0.1, 0.15) is 31.4 Å². The van der Waals surface area contributed by atoms with Crippen LogP contribution in [0.2, 0.25) is 0 Å². The van der Waals surface area contributed by atoms with Crippen LogP contribution in [-0.4, -0.2) is 107 Å². The van der Waals surface area contributed by atoms with Crippen LogP contribution in [0.4, 0.5) is 16.2 Å². The second-order valence-electron chi connectivity index (χ2n) is 13.0. The number of benzene rings is 2. The Balaban J connectivity index is 1.33. The molecule has 2 amide bonds. The molecule has 3 heterocycles. The second-order valence-corrected chi connectivity index (χ2v) is 16.1. The van der Waals surface area contributed by atoms with Crippen LogP contribution >= 0.6 is 11.8 Å². The molecule has 0 aromatic heterocycles. The maximum atomic E-state index is 13.7. The predicted molar refractivity (Wildman–Crippen MR) is 188 cm³/mol. The SMILES string of the molecule is C[C@@H](O)[C@H]1C(=O)N2C(C(=O)OCc3ccc([N+](=O)[O-])cc3)=C(S[C@H]3C[C@@H](COCCNS(C)(=O)=O)N(C(=O)OCc4ccc([N+](=O)[O-])cc4)C3)[C@H](C)[C@H]12. The molecule has 5 rings (SSSR count). The number of likely N-dealkylation sites (tertiary alicyclic amines) is 1. The van der Waals surface area contributed by atoms with Gasteiger partial charge >= 0.3 is 12.1 Å². The van der Waals surface area contributed by atoms with Gasteiger partial charge in [0.15, 0.2) is 0 Å². The van der Waals surface area contributed by atoms with Gasteiger partial charge in [0.05, 0.1) is 53.4 Å². The summed E-state index contributed by atoms with van der Waals surface area (Å²) in [6, 6.07) is 10.0. The number of rotatable bonds is 16. The summed E-state index contributed by atoms with van der Waals surface area (Å²) in [7, 11) is -3.44. The first-order valence-corrected chi connectivity index (χ1v) is 19.3. The topological polar surface area (TPSA) is 238 Å². The molecule has 0 bridgehead atoms. The third-order valence-corrected chi connectivity index (χ3v) is 11.4. The van der Waals surface area contributed by atoms with Crippen molar-refractivity contribution < 1.29 is 52.0 Å². The third-order valence-electron chi connectivity index (χ3n) is 9.15. The molecule has 2 fully saturated rings. The summed E-state index contributed by atoms with van der Waals surface area (Å²) in [4.78, 5) is 64.7. The zero-order valence-electron chi connectivity index (χ0n) is 29.0. The normalized spacial score (nSPS) is 23.0. The van der Waals surface area contributed by atoms with E-state index in [1.165, 1.54) is 77.0 Å². The zero-order chi connectivity index (χ0) is 38.6. The lowest BCUT2D eigenvalue weighted by Crippen LogP contribution is -2.63. The van der Waals surface area contributed by atoms with Gasteiger partial charge in [-0.05, 0) is 48.7 Å². The third kappa shape index (κ3) is 9.30. The molecule has 0 radical (unpaired) electrons. The number of esters is 1. The van der Waals surface area contributed by atoms with E-state index in [1.54, 1.807) is 0 Å². The van der Waals surface area contributed by atoms with Gasteiger partial charge in [-0.3, -0.25) is 25.0 Å². The summed E-state index contributed by atoms with van der Waals surface area (Å²) >= 11 is 1.31. The highest BCUT2D eigenvalue weighted by atomic mass is 32.2. The highest BCUT2D eigenvalue weighted by Gasteiger charge is 2.60. The van der Waals surface area contributed by atoms with E-state index < -0.39 is 61.9 Å². The van der Waals surface area contributed by atoms with Crippen molar-refractivity contribution in [3.05, 3.63) is 90.5 Å². The minimum absolute atomic E-state index is 0.0137. The Morgan fingerprint density at radius 2 is 1.58 bits per heavy atom. The van der Waals surface area contributed by atoms with Crippen molar-refractivity contribution in [3.8, 4) is 0 Å². The van der Waals surface area contributed by atoms with Gasteiger partial charge in [0, 0.05) is 53.4 Å². The number of nitrogens with zero attached hydrogens (tertiary/aromatic N) is 4. The molecule has 0 spiro atoms. The first-order chi connectivity index (χ1) is 25.1. The number of carbonyl (C=O) groups excluding carboxylic acids is 3. The standard InChI is InChI=1S/C33H39N5O13S2/c1-19-28-27(20(2)39)31(40)36(28)29(32(41)50-16-21-4-8-23(9-5-21)37(43)44)30(19)52-26-14-25(18-49-13-12-34-53(3,47)48)35(15-26)33(42)51-17-22-6-10-24(11-7-22)38(45)46/h4-11,19-20,25-28,34,39H,12-18H2,1-3H3/t19-,20-,25+,26+,27-,28-/m1/s1. The number of nitrogens with one attached hydrogen (secondary N) is 1. The number of thioether (sulfide) groups is 1. The summed E-state index contributed by atoms with van der Waals surface area (Å²) in [6.07, 6.45) is -0.263. The van der Waals surface area contributed by atoms with Crippen molar-refractivity contribution in [2.24, 2.45) is 11.8 Å². The number of non-ortho nitro benzene ring substituents is 2. The lowest BCUT2D eigenvalue weighted by Gasteiger charge is -2.46. The molecule has 20 heteroatoms. The van der Waals surface area contributed by atoms with Gasteiger partial charge in [-0.2, -0.15) is 0 Å². The highest BCUT2D eigenvalue weighted by molar-refractivity contribution is 8.03. The molecule has 0 aliphatic carbocycles. The van der Waals surface area contributed by atoms with E-state index in [-0.39, 0.29) is 67.8 Å². The van der Waals surface area contributed by atoms with Crippen molar-refractivity contribution in [3.63, 3.8) is 0 Å². The summed E-state index contributed by atoms with van der Waals surface area (Å²) in [6.45, 7) is 3.20. The Kier molecular flexibility index (Phi) is 12.4. The van der Waals surface area contributed by atoms with E-state index in [9.17, 15) is 48.1 Å². The lowest BCUT2D eigenvalue weighted by atomic mass is 9.79. The quantitative estimate of drug-likeness (QED) is 0.0820. The summed E-state index contributed by atoms with van der Waals surface area (Å²) in [5.41, 5.74) is 0.816. The van der Waals surface area contributed by atoms with Gasteiger partial charge < -0.3 is 29.1 Å². The number of sulfonamides is 1. The first kappa shape index (κ1) is 39.6. The lowest BCUT2D eigenvalue weighted by molar-refractivity contribution is -0.385. The monoisotopic (exact) mass is 777 g/mol. The molecule has 18 nitrogen and oxygen atoms in total. The van der Waals surface area contributed by atoms with Gasteiger partial charge in [-0.15, -0.1) is 11.8 Å². The van der Waals surface area contributed by atoms with E-state index in [4.69, 9.17) is 14.2 Å². The molecule has 53 heavy (non-hydrogen) atoms. The van der Waals surface area contributed by atoms with Crippen LogP contribution in [0.3, 0.4) is 0 Å². The van der Waals surface area contributed by atoms with Crippen LogP contribution in [0.25, 0.3) is 0 Å². The van der Waals surface area contributed by atoms with Crippen LogP contribution in [0.5, 0.6) is 0 Å². The number of nitro benzene ring substituents is 2. The van der Waals surface area contributed by atoms with Gasteiger partial charge in [-0.25, -0.2) is 22.7 Å². The zero-order valence-corrected chi connectivity index (χ0v) is 30.6. The van der Waals surface area contributed by atoms with E-state index in [2.05, 4.69) is 4.72 Å². The Hall–Kier alpha value is -4.63. The summed E-state index contributed by atoms with van der Waals surface area (Å²) in [5, 5.41) is 32.1. The number of fused-ring (bicyclic) bond motifs is 1. The van der Waals surface area contributed by atoms with E-state index >= 15 is 0 Å². The second kappa shape index (κ2) is 16.6. The minimum atomic E-state index is -3.44. The first-order valence-electron chi connectivity index (χ1n) is 16.6. The Bertz CT molecular complexity index is 1870. The number of β-lactam (4-membered cyclic amide) rings is 1. The van der Waals surface area contributed by atoms with Crippen molar-refractivity contribution in [2.75, 3.05) is 32.6 Å². The van der Waals surface area contributed by atoms with Gasteiger partial charge in [0.25, 0.3) is 11.4 Å². The molecule has 2 saturated heterocycles. The van der Waals surface area contributed by atoms with E-state index in [0.29, 0.717) is 22.5 Å². The fraction of sp³-hybridized carbons (Fsp3) is 0.485. The Morgan fingerprint density at radius 1 is 1.02 bits per heavy atom. The van der Waals surface area contributed by atoms with Gasteiger partial charge in [-0.1, -0.05) is 6.92 Å². The number of aliphatic hydroxyl groups excluding tert-OH is 1. The predicted octanol–water partition coefficient (Wildman–Crippen LogP) is 2.69.